The van der Waals surface area contributed by atoms with Crippen molar-refractivity contribution in [3.63, 3.8) is 0 Å². The molecule has 0 heterocycles. The Kier molecular flexibility index (Phi) is 5.18. The standard InChI is InChI=1S/C16H16BrNO2/c1-2-20-14-10-8-13(9-11-14)18-16(19)15(17)12-6-4-3-5-7-12/h3-11,15H,2H2,1H3,(H,18,19)/t15-/m0/s1. The van der Waals surface area contributed by atoms with Crippen molar-refractivity contribution in [1.29, 1.82) is 0 Å². The summed E-state index contributed by atoms with van der Waals surface area (Å²) in [7, 11) is 0. The quantitative estimate of drug-likeness (QED) is 0.834. The number of rotatable bonds is 5. The van der Waals surface area contributed by atoms with E-state index in [1.807, 2.05) is 61.5 Å². The molecule has 4 heteroatoms. The van der Waals surface area contributed by atoms with Gasteiger partial charge in [0.25, 0.3) is 0 Å². The lowest BCUT2D eigenvalue weighted by molar-refractivity contribution is -0.115. The zero-order valence-corrected chi connectivity index (χ0v) is 12.8. The van der Waals surface area contributed by atoms with E-state index in [0.29, 0.717) is 6.61 Å². The van der Waals surface area contributed by atoms with E-state index in [1.165, 1.54) is 0 Å². The van der Waals surface area contributed by atoms with Gasteiger partial charge < -0.3 is 10.1 Å². The summed E-state index contributed by atoms with van der Waals surface area (Å²) in [6.45, 7) is 2.56. The van der Waals surface area contributed by atoms with E-state index in [0.717, 1.165) is 17.0 Å². The summed E-state index contributed by atoms with van der Waals surface area (Å²) in [6, 6.07) is 16.9. The number of alkyl halides is 1. The molecule has 1 N–H and O–H groups in total. The Labute approximate surface area is 127 Å². The van der Waals surface area contributed by atoms with Gasteiger partial charge in [0.05, 0.1) is 6.61 Å². The van der Waals surface area contributed by atoms with Gasteiger partial charge in [-0.25, -0.2) is 0 Å². The van der Waals surface area contributed by atoms with Gasteiger partial charge in [-0.15, -0.1) is 0 Å². The summed E-state index contributed by atoms with van der Waals surface area (Å²) in [5.41, 5.74) is 1.68. The molecule has 20 heavy (non-hydrogen) atoms. The van der Waals surface area contributed by atoms with E-state index >= 15 is 0 Å². The second-order valence-electron chi connectivity index (χ2n) is 4.22. The third-order valence-corrected chi connectivity index (χ3v) is 3.70. The van der Waals surface area contributed by atoms with Crippen LogP contribution in [0.15, 0.2) is 54.6 Å². The molecule has 2 rings (SSSR count). The van der Waals surface area contributed by atoms with Crippen molar-refractivity contribution in [3.8, 4) is 5.75 Å². The van der Waals surface area contributed by atoms with E-state index in [2.05, 4.69) is 21.2 Å². The monoisotopic (exact) mass is 333 g/mol. The third kappa shape index (κ3) is 3.84. The van der Waals surface area contributed by atoms with Crippen LogP contribution in [0, 0.1) is 0 Å². The van der Waals surface area contributed by atoms with Crippen molar-refractivity contribution in [1.82, 2.24) is 0 Å². The lowest BCUT2D eigenvalue weighted by atomic mass is 10.1. The summed E-state index contributed by atoms with van der Waals surface area (Å²) in [5, 5.41) is 2.87. The summed E-state index contributed by atoms with van der Waals surface area (Å²) >= 11 is 3.41. The first-order valence-corrected chi connectivity index (χ1v) is 7.35. The number of amides is 1. The Morgan fingerprint density at radius 2 is 1.80 bits per heavy atom. The minimum absolute atomic E-state index is 0.0969. The molecule has 0 aromatic heterocycles. The van der Waals surface area contributed by atoms with Gasteiger partial charge in [-0.05, 0) is 36.8 Å². The van der Waals surface area contributed by atoms with Gasteiger partial charge in [0.15, 0.2) is 0 Å². The van der Waals surface area contributed by atoms with Crippen molar-refractivity contribution < 1.29 is 9.53 Å². The van der Waals surface area contributed by atoms with E-state index in [-0.39, 0.29) is 10.7 Å². The molecule has 1 amide bonds. The normalized spacial score (nSPS) is 11.7. The van der Waals surface area contributed by atoms with E-state index in [1.54, 1.807) is 0 Å². The maximum atomic E-state index is 12.1. The first kappa shape index (κ1) is 14.6. The second kappa shape index (κ2) is 7.10. The number of anilines is 1. The molecule has 0 radical (unpaired) electrons. The number of hydrogen-bond donors (Lipinski definition) is 1. The minimum Gasteiger partial charge on any atom is -0.494 e. The Balaban J connectivity index is 2.00. The minimum atomic E-state index is -0.365. The highest BCUT2D eigenvalue weighted by Crippen LogP contribution is 2.24. The zero-order valence-electron chi connectivity index (χ0n) is 11.2. The molecular formula is C16H16BrNO2. The van der Waals surface area contributed by atoms with Gasteiger partial charge in [0.1, 0.15) is 10.6 Å². The van der Waals surface area contributed by atoms with Crippen LogP contribution in [0.25, 0.3) is 0 Å². The molecule has 0 unspecified atom stereocenters. The van der Waals surface area contributed by atoms with Crippen LogP contribution in [0.3, 0.4) is 0 Å². The number of nitrogens with one attached hydrogen (secondary N) is 1. The Morgan fingerprint density at radius 1 is 1.15 bits per heavy atom. The van der Waals surface area contributed by atoms with Crippen molar-refractivity contribution >= 4 is 27.5 Å². The first-order chi connectivity index (χ1) is 9.70. The van der Waals surface area contributed by atoms with Gasteiger partial charge in [-0.1, -0.05) is 46.3 Å². The van der Waals surface area contributed by atoms with Gasteiger partial charge in [-0.2, -0.15) is 0 Å². The van der Waals surface area contributed by atoms with Crippen LogP contribution in [-0.2, 0) is 4.79 Å². The van der Waals surface area contributed by atoms with E-state index in [9.17, 15) is 4.79 Å². The molecule has 2 aromatic rings. The molecule has 0 bridgehead atoms. The molecule has 0 spiro atoms. The van der Waals surface area contributed by atoms with Gasteiger partial charge in [-0.3, -0.25) is 4.79 Å². The number of ether oxygens (including phenoxy) is 1. The number of halogens is 1. The largest absolute Gasteiger partial charge is 0.494 e. The van der Waals surface area contributed by atoms with Crippen molar-refractivity contribution in [3.05, 3.63) is 60.2 Å². The summed E-state index contributed by atoms with van der Waals surface area (Å²) in [5.74, 6) is 0.698. The van der Waals surface area contributed by atoms with Crippen LogP contribution in [0.2, 0.25) is 0 Å². The van der Waals surface area contributed by atoms with Crippen molar-refractivity contribution in [2.45, 2.75) is 11.8 Å². The van der Waals surface area contributed by atoms with Crippen LogP contribution in [0.5, 0.6) is 5.75 Å². The number of carbonyl (C=O) groups is 1. The average Bonchev–Trinajstić information content (AvgIpc) is 2.49. The van der Waals surface area contributed by atoms with Crippen LogP contribution in [0.4, 0.5) is 5.69 Å². The van der Waals surface area contributed by atoms with E-state index in [4.69, 9.17) is 4.74 Å². The average molecular weight is 334 g/mol. The molecule has 0 aliphatic heterocycles. The van der Waals surface area contributed by atoms with Gasteiger partial charge in [0.2, 0.25) is 5.91 Å². The maximum absolute atomic E-state index is 12.1. The highest BCUT2D eigenvalue weighted by molar-refractivity contribution is 9.09. The molecule has 3 nitrogen and oxygen atoms in total. The fraction of sp³-hybridized carbons (Fsp3) is 0.188. The molecular weight excluding hydrogens is 318 g/mol. The van der Waals surface area contributed by atoms with Crippen LogP contribution >= 0.6 is 15.9 Å². The van der Waals surface area contributed by atoms with Crippen molar-refractivity contribution in [2.24, 2.45) is 0 Å². The highest BCUT2D eigenvalue weighted by atomic mass is 79.9. The summed E-state index contributed by atoms with van der Waals surface area (Å²) in [6.07, 6.45) is 0. The fourth-order valence-corrected chi connectivity index (χ4v) is 2.20. The zero-order chi connectivity index (χ0) is 14.4. The molecule has 104 valence electrons. The third-order valence-electron chi connectivity index (χ3n) is 2.76. The summed E-state index contributed by atoms with van der Waals surface area (Å²) in [4.78, 5) is 11.8. The number of carbonyl (C=O) groups excluding carboxylic acids is 1. The highest BCUT2D eigenvalue weighted by Gasteiger charge is 2.16. The van der Waals surface area contributed by atoms with Crippen LogP contribution in [0.1, 0.15) is 17.3 Å². The predicted octanol–water partition coefficient (Wildman–Crippen LogP) is 4.16. The Hall–Kier alpha value is -1.81. The lowest BCUT2D eigenvalue weighted by Gasteiger charge is -2.11. The Morgan fingerprint density at radius 3 is 2.40 bits per heavy atom. The van der Waals surface area contributed by atoms with Gasteiger partial charge in [0, 0.05) is 5.69 Å². The molecule has 0 aliphatic carbocycles. The topological polar surface area (TPSA) is 38.3 Å². The molecule has 1 atom stereocenters. The molecule has 0 fully saturated rings. The van der Waals surface area contributed by atoms with Gasteiger partial charge >= 0.3 is 0 Å². The second-order valence-corrected chi connectivity index (χ2v) is 5.14. The van der Waals surface area contributed by atoms with Crippen LogP contribution in [-0.4, -0.2) is 12.5 Å². The molecule has 0 saturated carbocycles. The first-order valence-electron chi connectivity index (χ1n) is 6.43. The smallest absolute Gasteiger partial charge is 0.242 e. The lowest BCUT2D eigenvalue weighted by Crippen LogP contribution is -2.16. The molecule has 0 saturated heterocycles. The summed E-state index contributed by atoms with van der Waals surface area (Å²) < 4.78 is 5.36. The predicted molar refractivity (Wildman–Crippen MR) is 84.4 cm³/mol. The van der Waals surface area contributed by atoms with E-state index < -0.39 is 0 Å². The SMILES string of the molecule is CCOc1ccc(NC(=O)[C@@H](Br)c2ccccc2)cc1. The fourth-order valence-electron chi connectivity index (χ4n) is 1.78. The Bertz CT molecular complexity index is 554. The number of benzene rings is 2. The molecule has 2 aromatic carbocycles. The van der Waals surface area contributed by atoms with Crippen LogP contribution < -0.4 is 10.1 Å². The molecule has 0 aliphatic rings. The maximum Gasteiger partial charge on any atom is 0.242 e. The number of hydrogen-bond acceptors (Lipinski definition) is 2. The van der Waals surface area contributed by atoms with Crippen molar-refractivity contribution in [2.75, 3.05) is 11.9 Å².